The molecule has 1 saturated carbocycles. The summed E-state index contributed by atoms with van der Waals surface area (Å²) in [6.45, 7) is 0. The Balaban J connectivity index is 2.01. The first kappa shape index (κ1) is 10.4. The normalized spacial score (nSPS) is 29.1. The highest BCUT2D eigenvalue weighted by atomic mass is 16.8. The average Bonchev–Trinajstić information content (AvgIpc) is 2.43. The van der Waals surface area contributed by atoms with Crippen LogP contribution < -0.4 is 0 Å². The van der Waals surface area contributed by atoms with Gasteiger partial charge in [0.25, 0.3) is 0 Å². The summed E-state index contributed by atoms with van der Waals surface area (Å²) in [6, 6.07) is 0. The first-order valence-electron chi connectivity index (χ1n) is 5.24. The van der Waals surface area contributed by atoms with Crippen LogP contribution in [0.3, 0.4) is 0 Å². The second-order valence-electron chi connectivity index (χ2n) is 4.10. The van der Waals surface area contributed by atoms with Gasteiger partial charge in [-0.25, -0.2) is 4.79 Å². The van der Waals surface area contributed by atoms with Crippen LogP contribution in [0.5, 0.6) is 0 Å². The third-order valence-corrected chi connectivity index (χ3v) is 2.88. The van der Waals surface area contributed by atoms with Crippen LogP contribution in [0.2, 0.25) is 0 Å². The molecule has 2 rings (SSSR count). The zero-order chi connectivity index (χ0) is 10.9. The van der Waals surface area contributed by atoms with Crippen LogP contribution >= 0.6 is 0 Å². The van der Waals surface area contributed by atoms with E-state index in [1.807, 2.05) is 0 Å². The number of rotatable bonds is 2. The van der Waals surface area contributed by atoms with E-state index in [0.29, 0.717) is 12.8 Å². The van der Waals surface area contributed by atoms with E-state index in [1.165, 1.54) is 0 Å². The number of hydrogen-bond donors (Lipinski definition) is 1. The number of carboxylic acids is 1. The van der Waals surface area contributed by atoms with Crippen LogP contribution in [0.15, 0.2) is 0 Å². The molecule has 2 fully saturated rings. The summed E-state index contributed by atoms with van der Waals surface area (Å²) in [5.41, 5.74) is 0. The van der Waals surface area contributed by atoms with Crippen LogP contribution in [0.25, 0.3) is 0 Å². The maximum absolute atomic E-state index is 11.4. The van der Waals surface area contributed by atoms with E-state index in [4.69, 9.17) is 14.6 Å². The number of ether oxygens (including phenoxy) is 2. The second kappa shape index (κ2) is 3.81. The molecule has 5 nitrogen and oxygen atoms in total. The highest BCUT2D eigenvalue weighted by Gasteiger charge is 2.48. The Kier molecular flexibility index (Phi) is 2.65. The Hall–Kier alpha value is -1.10. The van der Waals surface area contributed by atoms with E-state index in [1.54, 1.807) is 0 Å². The minimum atomic E-state index is -1.04. The van der Waals surface area contributed by atoms with Gasteiger partial charge in [-0.1, -0.05) is 6.42 Å². The van der Waals surface area contributed by atoms with Crippen LogP contribution in [0, 0.1) is 0 Å². The standard InChI is InChI=1S/C10H14O5/c11-8(12)6-7-9(13)15-10(14-7)4-2-1-3-5-10/h7H,1-6H2,(H,11,12). The molecule has 2 aliphatic rings. The molecule has 1 aliphatic carbocycles. The van der Waals surface area contributed by atoms with Crippen LogP contribution in [0.4, 0.5) is 0 Å². The minimum Gasteiger partial charge on any atom is -0.481 e. The smallest absolute Gasteiger partial charge is 0.338 e. The van der Waals surface area contributed by atoms with Crippen molar-refractivity contribution in [3.05, 3.63) is 0 Å². The van der Waals surface area contributed by atoms with Crippen molar-refractivity contribution >= 4 is 11.9 Å². The third-order valence-electron chi connectivity index (χ3n) is 2.88. The van der Waals surface area contributed by atoms with Crippen molar-refractivity contribution < 1.29 is 24.2 Å². The van der Waals surface area contributed by atoms with Gasteiger partial charge < -0.3 is 14.6 Å². The molecular weight excluding hydrogens is 200 g/mol. The molecule has 0 aromatic rings. The van der Waals surface area contributed by atoms with Gasteiger partial charge in [-0.3, -0.25) is 4.79 Å². The number of hydrogen-bond acceptors (Lipinski definition) is 4. The number of esters is 1. The molecule has 5 heteroatoms. The summed E-state index contributed by atoms with van der Waals surface area (Å²) in [5.74, 6) is -2.38. The third kappa shape index (κ3) is 2.12. The van der Waals surface area contributed by atoms with Crippen LogP contribution in [-0.2, 0) is 19.1 Å². The Morgan fingerprint density at radius 1 is 1.40 bits per heavy atom. The maximum atomic E-state index is 11.4. The highest BCUT2D eigenvalue weighted by Crippen LogP contribution is 2.38. The largest absolute Gasteiger partial charge is 0.481 e. The fraction of sp³-hybridized carbons (Fsp3) is 0.800. The van der Waals surface area contributed by atoms with Crippen LogP contribution in [0.1, 0.15) is 38.5 Å². The Labute approximate surface area is 87.4 Å². The Morgan fingerprint density at radius 2 is 2.07 bits per heavy atom. The minimum absolute atomic E-state index is 0.305. The fourth-order valence-corrected chi connectivity index (χ4v) is 2.17. The molecule has 1 heterocycles. The summed E-state index contributed by atoms with van der Waals surface area (Å²) < 4.78 is 10.6. The van der Waals surface area contributed by atoms with E-state index >= 15 is 0 Å². The summed E-state index contributed by atoms with van der Waals surface area (Å²) in [5, 5.41) is 8.59. The second-order valence-corrected chi connectivity index (χ2v) is 4.10. The van der Waals surface area contributed by atoms with E-state index in [0.717, 1.165) is 19.3 Å². The Bertz CT molecular complexity index is 280. The molecule has 1 saturated heterocycles. The van der Waals surface area contributed by atoms with Crippen molar-refractivity contribution in [3.8, 4) is 0 Å². The van der Waals surface area contributed by atoms with Crippen molar-refractivity contribution in [1.82, 2.24) is 0 Å². The van der Waals surface area contributed by atoms with Gasteiger partial charge in [0.1, 0.15) is 0 Å². The first-order valence-corrected chi connectivity index (χ1v) is 5.24. The van der Waals surface area contributed by atoms with Crippen molar-refractivity contribution in [2.24, 2.45) is 0 Å². The summed E-state index contributed by atoms with van der Waals surface area (Å²) >= 11 is 0. The molecule has 0 radical (unpaired) electrons. The van der Waals surface area contributed by atoms with Crippen molar-refractivity contribution in [2.45, 2.75) is 50.4 Å². The summed E-state index contributed by atoms with van der Waals surface area (Å²) in [4.78, 5) is 21.9. The maximum Gasteiger partial charge on any atom is 0.338 e. The van der Waals surface area contributed by atoms with E-state index in [2.05, 4.69) is 0 Å². The van der Waals surface area contributed by atoms with Crippen molar-refractivity contribution in [2.75, 3.05) is 0 Å². The van der Waals surface area contributed by atoms with Crippen LogP contribution in [-0.4, -0.2) is 28.9 Å². The van der Waals surface area contributed by atoms with E-state index in [9.17, 15) is 9.59 Å². The van der Waals surface area contributed by atoms with Crippen molar-refractivity contribution in [1.29, 1.82) is 0 Å². The summed E-state index contributed by atoms with van der Waals surface area (Å²) in [7, 11) is 0. The van der Waals surface area contributed by atoms with Gasteiger partial charge >= 0.3 is 11.9 Å². The van der Waals surface area contributed by atoms with Gasteiger partial charge in [0.05, 0.1) is 6.42 Å². The molecule has 15 heavy (non-hydrogen) atoms. The molecule has 1 unspecified atom stereocenters. The molecule has 0 aromatic heterocycles. The molecule has 0 bridgehead atoms. The highest BCUT2D eigenvalue weighted by molar-refractivity contribution is 5.82. The lowest BCUT2D eigenvalue weighted by Crippen LogP contribution is -2.33. The lowest BCUT2D eigenvalue weighted by molar-refractivity contribution is -0.192. The number of carbonyl (C=O) groups is 2. The molecular formula is C10H14O5. The topological polar surface area (TPSA) is 72.8 Å². The number of carbonyl (C=O) groups excluding carboxylic acids is 1. The lowest BCUT2D eigenvalue weighted by atomic mass is 9.94. The van der Waals surface area contributed by atoms with Gasteiger partial charge in [0, 0.05) is 12.8 Å². The molecule has 1 atom stereocenters. The van der Waals surface area contributed by atoms with Gasteiger partial charge in [0.15, 0.2) is 6.10 Å². The first-order chi connectivity index (χ1) is 7.11. The molecule has 1 N–H and O–H groups in total. The predicted molar refractivity (Wildman–Crippen MR) is 49.0 cm³/mol. The lowest BCUT2D eigenvalue weighted by Gasteiger charge is -2.30. The van der Waals surface area contributed by atoms with Gasteiger partial charge in [-0.2, -0.15) is 0 Å². The van der Waals surface area contributed by atoms with E-state index < -0.39 is 23.8 Å². The zero-order valence-corrected chi connectivity index (χ0v) is 8.40. The molecule has 0 amide bonds. The zero-order valence-electron chi connectivity index (χ0n) is 8.40. The monoisotopic (exact) mass is 214 g/mol. The van der Waals surface area contributed by atoms with Crippen molar-refractivity contribution in [3.63, 3.8) is 0 Å². The molecule has 1 aliphatic heterocycles. The quantitative estimate of drug-likeness (QED) is 0.696. The van der Waals surface area contributed by atoms with Gasteiger partial charge in [-0.05, 0) is 12.8 Å². The van der Waals surface area contributed by atoms with Gasteiger partial charge in [0.2, 0.25) is 5.79 Å². The summed E-state index contributed by atoms with van der Waals surface area (Å²) in [6.07, 6.45) is 3.21. The fourth-order valence-electron chi connectivity index (χ4n) is 2.17. The predicted octanol–water partition coefficient (Wildman–Crippen LogP) is 1.06. The SMILES string of the molecule is O=C(O)CC1OC2(CCCCC2)OC1=O. The average molecular weight is 214 g/mol. The number of aliphatic carboxylic acids is 1. The molecule has 84 valence electrons. The van der Waals surface area contributed by atoms with E-state index in [-0.39, 0.29) is 6.42 Å². The number of carboxylic acid groups (broad SMARTS) is 1. The van der Waals surface area contributed by atoms with Gasteiger partial charge in [-0.15, -0.1) is 0 Å². The molecule has 1 spiro atoms. The molecule has 0 aromatic carbocycles. The Morgan fingerprint density at radius 3 is 2.67 bits per heavy atom.